The van der Waals surface area contributed by atoms with Gasteiger partial charge in [-0.15, -0.1) is 0 Å². The molecule has 180 valence electrons. The molecule has 0 amide bonds. The number of esters is 1. The van der Waals surface area contributed by atoms with E-state index in [9.17, 15) is 4.79 Å². The summed E-state index contributed by atoms with van der Waals surface area (Å²) in [7, 11) is 0. The maximum Gasteiger partial charge on any atom is 0.340 e. The van der Waals surface area contributed by atoms with Crippen LogP contribution in [0.1, 0.15) is 40.9 Å². The van der Waals surface area contributed by atoms with Crippen molar-refractivity contribution in [2.75, 3.05) is 23.3 Å². The fraction of sp³-hybridized carbons (Fsp3) is 0.167. The summed E-state index contributed by atoms with van der Waals surface area (Å²) < 4.78 is 12.8. The Kier molecular flexibility index (Phi) is 5.38. The molecule has 0 aliphatic carbocycles. The largest absolute Gasteiger partial charge is 0.456 e. The lowest BCUT2D eigenvalue weighted by atomic mass is 9.77. The molecule has 2 aliphatic heterocycles. The second-order valence-corrected chi connectivity index (χ2v) is 9.29. The van der Waals surface area contributed by atoms with Gasteiger partial charge >= 0.3 is 5.97 Å². The van der Waals surface area contributed by atoms with E-state index in [0.29, 0.717) is 22.1 Å². The molecule has 0 bridgehead atoms. The molecule has 6 heteroatoms. The lowest BCUT2D eigenvalue weighted by molar-refractivity contribution is 0.0224. The van der Waals surface area contributed by atoms with Crippen LogP contribution in [-0.4, -0.2) is 19.1 Å². The van der Waals surface area contributed by atoms with Crippen molar-refractivity contribution in [1.29, 1.82) is 0 Å². The minimum Gasteiger partial charge on any atom is -0.456 e. The van der Waals surface area contributed by atoms with E-state index in [1.165, 1.54) is 0 Å². The van der Waals surface area contributed by atoms with Gasteiger partial charge in [-0.2, -0.15) is 0 Å². The van der Waals surface area contributed by atoms with Crippen molar-refractivity contribution in [3.8, 4) is 11.5 Å². The Labute approximate surface area is 215 Å². The fourth-order valence-corrected chi connectivity index (χ4v) is 5.43. The van der Waals surface area contributed by atoms with E-state index < -0.39 is 5.60 Å². The van der Waals surface area contributed by atoms with Crippen molar-refractivity contribution < 1.29 is 14.3 Å². The number of rotatable bonds is 5. The summed E-state index contributed by atoms with van der Waals surface area (Å²) in [5.41, 5.74) is 4.50. The lowest BCUT2D eigenvalue weighted by Gasteiger charge is -2.37. The highest BCUT2D eigenvalue weighted by atomic mass is 35.5. The van der Waals surface area contributed by atoms with Crippen LogP contribution >= 0.6 is 11.6 Å². The average molecular weight is 497 g/mol. The van der Waals surface area contributed by atoms with Crippen molar-refractivity contribution >= 4 is 34.6 Å². The summed E-state index contributed by atoms with van der Waals surface area (Å²) in [6.45, 7) is 6.02. The molecule has 0 fully saturated rings. The number of carbonyl (C=O) groups is 1. The Hall–Kier alpha value is -3.96. The van der Waals surface area contributed by atoms with Crippen LogP contribution < -0.4 is 15.0 Å². The maximum atomic E-state index is 13.1. The SMILES string of the molecule is CCN(CC)c1ccc2c(c1)Oc1ccc(Nc3ccccc3Cl)cc1[C@@]21OC(=O)c2ccccc21. The van der Waals surface area contributed by atoms with Crippen molar-refractivity contribution in [3.05, 3.63) is 112 Å². The van der Waals surface area contributed by atoms with Gasteiger partial charge in [0.05, 0.1) is 16.3 Å². The molecule has 36 heavy (non-hydrogen) atoms. The van der Waals surface area contributed by atoms with Gasteiger partial charge in [-0.05, 0) is 62.4 Å². The van der Waals surface area contributed by atoms with E-state index in [-0.39, 0.29) is 5.97 Å². The molecule has 0 radical (unpaired) electrons. The first kappa shape index (κ1) is 22.5. The molecular weight excluding hydrogens is 472 g/mol. The highest BCUT2D eigenvalue weighted by Gasteiger charge is 2.53. The molecular formula is C30H25ClN2O3. The number of fused-ring (bicyclic) bond motifs is 6. The highest BCUT2D eigenvalue weighted by molar-refractivity contribution is 6.33. The first-order chi connectivity index (χ1) is 17.5. The van der Waals surface area contributed by atoms with Crippen LogP contribution in [0.25, 0.3) is 0 Å². The first-order valence-corrected chi connectivity index (χ1v) is 12.5. The predicted octanol–water partition coefficient (Wildman–Crippen LogP) is 7.50. The normalized spacial score (nSPS) is 17.0. The molecule has 4 aromatic carbocycles. The van der Waals surface area contributed by atoms with Crippen LogP contribution in [-0.2, 0) is 10.3 Å². The number of para-hydroxylation sites is 1. The zero-order valence-corrected chi connectivity index (χ0v) is 20.8. The minimum atomic E-state index is -1.11. The van der Waals surface area contributed by atoms with E-state index in [1.54, 1.807) is 0 Å². The molecule has 0 saturated heterocycles. The zero-order valence-electron chi connectivity index (χ0n) is 20.0. The number of benzene rings is 4. The Bertz CT molecular complexity index is 1500. The van der Waals surface area contributed by atoms with Crippen LogP contribution in [0.4, 0.5) is 17.1 Å². The molecule has 1 atom stereocenters. The van der Waals surface area contributed by atoms with Crippen molar-refractivity contribution in [2.24, 2.45) is 0 Å². The summed E-state index contributed by atoms with van der Waals surface area (Å²) in [4.78, 5) is 15.4. The van der Waals surface area contributed by atoms with Gasteiger partial charge in [-0.25, -0.2) is 4.79 Å². The number of hydrogen-bond donors (Lipinski definition) is 1. The zero-order chi connectivity index (χ0) is 24.9. The summed E-state index contributed by atoms with van der Waals surface area (Å²) in [6.07, 6.45) is 0. The van der Waals surface area contributed by atoms with E-state index in [0.717, 1.165) is 46.8 Å². The summed E-state index contributed by atoms with van der Waals surface area (Å²) in [6, 6.07) is 27.1. The highest BCUT2D eigenvalue weighted by Crippen LogP contribution is 2.57. The van der Waals surface area contributed by atoms with Gasteiger partial charge in [-0.1, -0.05) is 41.9 Å². The van der Waals surface area contributed by atoms with Gasteiger partial charge < -0.3 is 19.7 Å². The number of ether oxygens (including phenoxy) is 2. The third-order valence-electron chi connectivity index (χ3n) is 6.98. The van der Waals surface area contributed by atoms with E-state index in [2.05, 4.69) is 30.1 Å². The quantitative estimate of drug-likeness (QED) is 0.290. The van der Waals surface area contributed by atoms with Gasteiger partial charge in [0.1, 0.15) is 11.5 Å². The Morgan fingerprint density at radius 3 is 2.42 bits per heavy atom. The Balaban J connectivity index is 1.55. The number of hydrogen-bond acceptors (Lipinski definition) is 5. The van der Waals surface area contributed by atoms with Gasteiger partial charge in [0.25, 0.3) is 0 Å². The second-order valence-electron chi connectivity index (χ2n) is 8.89. The summed E-state index contributed by atoms with van der Waals surface area (Å²) in [5, 5.41) is 4.01. The monoisotopic (exact) mass is 496 g/mol. The predicted molar refractivity (Wildman–Crippen MR) is 143 cm³/mol. The second kappa shape index (κ2) is 8.61. The molecule has 4 aromatic rings. The Morgan fingerprint density at radius 1 is 0.833 bits per heavy atom. The van der Waals surface area contributed by atoms with Crippen molar-refractivity contribution in [1.82, 2.24) is 0 Å². The standard InChI is InChI=1S/C30H25ClN2O3/c1-3-33(4-2)20-14-15-23-28(18-20)35-27-16-13-19(32-26-12-8-7-11-25(26)31)17-24(27)30(23)22-10-6-5-9-21(22)29(34)36-30/h5-18,32H,3-4H2,1-2H3/t30-/m0/s1. The summed E-state index contributed by atoms with van der Waals surface area (Å²) in [5.74, 6) is 0.985. The minimum absolute atomic E-state index is 0.346. The van der Waals surface area contributed by atoms with Crippen molar-refractivity contribution in [3.63, 3.8) is 0 Å². The number of nitrogens with one attached hydrogen (secondary N) is 1. The van der Waals surface area contributed by atoms with Gasteiger partial charge in [0, 0.05) is 47.2 Å². The molecule has 1 N–H and O–H groups in total. The number of carbonyl (C=O) groups excluding carboxylic acids is 1. The molecule has 6 rings (SSSR count). The third-order valence-corrected chi connectivity index (χ3v) is 7.31. The molecule has 0 saturated carbocycles. The van der Waals surface area contributed by atoms with Crippen LogP contribution in [0.3, 0.4) is 0 Å². The molecule has 0 unspecified atom stereocenters. The van der Waals surface area contributed by atoms with Crippen LogP contribution in [0, 0.1) is 0 Å². The Morgan fingerprint density at radius 2 is 1.61 bits per heavy atom. The topological polar surface area (TPSA) is 50.8 Å². The van der Waals surface area contributed by atoms with E-state index >= 15 is 0 Å². The summed E-state index contributed by atoms with van der Waals surface area (Å²) >= 11 is 6.39. The fourth-order valence-electron chi connectivity index (χ4n) is 5.24. The molecule has 2 heterocycles. The van der Waals surface area contributed by atoms with E-state index in [1.807, 2.05) is 78.9 Å². The molecule has 1 spiro atoms. The number of nitrogens with zero attached hydrogens (tertiary/aromatic N) is 1. The third kappa shape index (κ3) is 3.34. The molecule has 2 aliphatic rings. The first-order valence-electron chi connectivity index (χ1n) is 12.1. The number of anilines is 3. The van der Waals surface area contributed by atoms with Gasteiger partial charge in [0.15, 0.2) is 5.60 Å². The van der Waals surface area contributed by atoms with E-state index in [4.69, 9.17) is 21.1 Å². The smallest absolute Gasteiger partial charge is 0.340 e. The van der Waals surface area contributed by atoms with Crippen molar-refractivity contribution in [2.45, 2.75) is 19.4 Å². The van der Waals surface area contributed by atoms with Crippen LogP contribution in [0.15, 0.2) is 84.9 Å². The van der Waals surface area contributed by atoms with Crippen LogP contribution in [0.5, 0.6) is 11.5 Å². The van der Waals surface area contributed by atoms with Gasteiger partial charge in [0.2, 0.25) is 0 Å². The lowest BCUT2D eigenvalue weighted by Crippen LogP contribution is -2.33. The number of halogens is 1. The average Bonchev–Trinajstić information content (AvgIpc) is 3.19. The van der Waals surface area contributed by atoms with Gasteiger partial charge in [-0.3, -0.25) is 0 Å². The molecule has 0 aromatic heterocycles. The van der Waals surface area contributed by atoms with Crippen LogP contribution in [0.2, 0.25) is 5.02 Å². The maximum absolute atomic E-state index is 13.1. The molecule has 5 nitrogen and oxygen atoms in total.